The molecule has 0 bridgehead atoms. The van der Waals surface area contributed by atoms with Gasteiger partial charge in [-0.2, -0.15) is 0 Å². The van der Waals surface area contributed by atoms with Crippen molar-refractivity contribution < 1.29 is 14.0 Å². The van der Waals surface area contributed by atoms with Gasteiger partial charge in [0.1, 0.15) is 5.82 Å². The Bertz CT molecular complexity index is 794. The van der Waals surface area contributed by atoms with E-state index in [0.29, 0.717) is 12.1 Å². The summed E-state index contributed by atoms with van der Waals surface area (Å²) in [5.74, 6) is -0.942. The van der Waals surface area contributed by atoms with Gasteiger partial charge in [-0.25, -0.2) is 4.39 Å². The lowest BCUT2D eigenvalue weighted by molar-refractivity contribution is -0.125. The second-order valence-corrected chi connectivity index (χ2v) is 6.34. The highest BCUT2D eigenvalue weighted by atomic mass is 19.1. The Kier molecular flexibility index (Phi) is 5.96. The van der Waals surface area contributed by atoms with Crippen LogP contribution < -0.4 is 16.0 Å². The van der Waals surface area contributed by atoms with Gasteiger partial charge in [-0.15, -0.1) is 0 Å². The zero-order valence-corrected chi connectivity index (χ0v) is 14.4. The van der Waals surface area contributed by atoms with Gasteiger partial charge in [-0.3, -0.25) is 9.59 Å². The monoisotopic (exact) mass is 355 g/mol. The van der Waals surface area contributed by atoms with Crippen LogP contribution in [-0.4, -0.2) is 31.4 Å². The Labute approximate surface area is 152 Å². The number of nitrogens with one attached hydrogen (secondary N) is 3. The van der Waals surface area contributed by atoms with E-state index in [1.807, 2.05) is 12.1 Å². The molecule has 2 amide bonds. The molecule has 136 valence electrons. The Balaban J connectivity index is 1.43. The second-order valence-electron chi connectivity index (χ2n) is 6.34. The summed E-state index contributed by atoms with van der Waals surface area (Å²) in [5.41, 5.74) is 3.08. The summed E-state index contributed by atoms with van der Waals surface area (Å²) >= 11 is 0. The Morgan fingerprint density at radius 3 is 2.77 bits per heavy atom. The van der Waals surface area contributed by atoms with Crippen molar-refractivity contribution in [1.82, 2.24) is 16.0 Å². The molecule has 0 aliphatic carbocycles. The van der Waals surface area contributed by atoms with Crippen LogP contribution in [0.2, 0.25) is 0 Å². The first-order valence-corrected chi connectivity index (χ1v) is 8.71. The van der Waals surface area contributed by atoms with Crippen molar-refractivity contribution in [2.75, 3.05) is 19.6 Å². The van der Waals surface area contributed by atoms with E-state index >= 15 is 0 Å². The molecule has 0 radical (unpaired) electrons. The van der Waals surface area contributed by atoms with E-state index in [9.17, 15) is 14.0 Å². The molecule has 6 heteroatoms. The quantitative estimate of drug-likeness (QED) is 0.735. The van der Waals surface area contributed by atoms with Crippen molar-refractivity contribution in [3.05, 3.63) is 71.0 Å². The summed E-state index contributed by atoms with van der Waals surface area (Å²) in [7, 11) is 0. The molecule has 0 aromatic heterocycles. The van der Waals surface area contributed by atoms with E-state index in [1.165, 1.54) is 23.3 Å². The molecule has 0 fully saturated rings. The van der Waals surface area contributed by atoms with Gasteiger partial charge in [0.05, 0.1) is 13.0 Å². The second kappa shape index (κ2) is 8.58. The average Bonchev–Trinajstić information content (AvgIpc) is 2.64. The van der Waals surface area contributed by atoms with E-state index in [1.54, 1.807) is 12.1 Å². The van der Waals surface area contributed by atoms with Gasteiger partial charge in [-0.1, -0.05) is 36.4 Å². The summed E-state index contributed by atoms with van der Waals surface area (Å²) < 4.78 is 13.1. The Morgan fingerprint density at radius 1 is 1.08 bits per heavy atom. The lowest BCUT2D eigenvalue weighted by Gasteiger charge is -2.27. The SMILES string of the molecule is O=C(CNC(=O)Cc1cccc(F)c1)NCC1NCCc2ccccc21. The van der Waals surface area contributed by atoms with Crippen LogP contribution in [0.5, 0.6) is 0 Å². The smallest absolute Gasteiger partial charge is 0.239 e. The standard InChI is InChI=1S/C20H22FN3O2/c21-16-6-3-4-14(10-16)11-19(25)24-13-20(26)23-12-18-17-7-2-1-5-15(17)8-9-22-18/h1-7,10,18,22H,8-9,11-13H2,(H,23,26)(H,24,25). The van der Waals surface area contributed by atoms with Gasteiger partial charge >= 0.3 is 0 Å². The summed E-state index contributed by atoms with van der Waals surface area (Å²) in [6, 6.07) is 14.1. The van der Waals surface area contributed by atoms with Crippen LogP contribution in [0.25, 0.3) is 0 Å². The Hall–Kier alpha value is -2.73. The summed E-state index contributed by atoms with van der Waals surface area (Å²) in [5, 5.41) is 8.80. The van der Waals surface area contributed by atoms with E-state index in [-0.39, 0.29) is 36.6 Å². The predicted molar refractivity (Wildman–Crippen MR) is 97.0 cm³/mol. The predicted octanol–water partition coefficient (Wildman–Crippen LogP) is 1.49. The minimum atomic E-state index is -0.381. The normalized spacial score (nSPS) is 15.8. The van der Waals surface area contributed by atoms with Crippen LogP contribution in [-0.2, 0) is 22.4 Å². The highest BCUT2D eigenvalue weighted by Gasteiger charge is 2.19. The van der Waals surface area contributed by atoms with E-state index < -0.39 is 0 Å². The fourth-order valence-corrected chi connectivity index (χ4v) is 3.13. The molecular weight excluding hydrogens is 333 g/mol. The van der Waals surface area contributed by atoms with Crippen molar-refractivity contribution in [3.63, 3.8) is 0 Å². The molecule has 5 nitrogen and oxygen atoms in total. The molecule has 26 heavy (non-hydrogen) atoms. The van der Waals surface area contributed by atoms with Gasteiger partial charge in [0.2, 0.25) is 11.8 Å². The Morgan fingerprint density at radius 2 is 1.92 bits per heavy atom. The number of halogens is 1. The van der Waals surface area contributed by atoms with Gasteiger partial charge in [0.25, 0.3) is 0 Å². The van der Waals surface area contributed by atoms with Crippen LogP contribution in [0, 0.1) is 5.82 Å². The fourth-order valence-electron chi connectivity index (χ4n) is 3.13. The zero-order chi connectivity index (χ0) is 18.4. The number of amides is 2. The van der Waals surface area contributed by atoms with Crippen molar-refractivity contribution in [1.29, 1.82) is 0 Å². The summed E-state index contributed by atoms with van der Waals surface area (Å²) in [4.78, 5) is 23.9. The molecule has 2 aromatic rings. The first-order chi connectivity index (χ1) is 12.6. The van der Waals surface area contributed by atoms with Crippen LogP contribution in [0.15, 0.2) is 48.5 Å². The molecule has 0 saturated heterocycles. The molecule has 1 atom stereocenters. The third kappa shape index (κ3) is 4.89. The summed E-state index contributed by atoms with van der Waals surface area (Å²) in [6.07, 6.45) is 1.03. The van der Waals surface area contributed by atoms with E-state index in [0.717, 1.165) is 13.0 Å². The van der Waals surface area contributed by atoms with Crippen LogP contribution in [0.4, 0.5) is 4.39 Å². The molecule has 1 aliphatic heterocycles. The number of hydrogen-bond donors (Lipinski definition) is 3. The van der Waals surface area contributed by atoms with Crippen LogP contribution in [0.1, 0.15) is 22.7 Å². The third-order valence-corrected chi connectivity index (χ3v) is 4.42. The van der Waals surface area contributed by atoms with Crippen molar-refractivity contribution in [2.45, 2.75) is 18.9 Å². The van der Waals surface area contributed by atoms with Gasteiger partial charge in [0.15, 0.2) is 0 Å². The molecule has 0 saturated carbocycles. The molecule has 1 heterocycles. The van der Waals surface area contributed by atoms with Crippen molar-refractivity contribution in [3.8, 4) is 0 Å². The fraction of sp³-hybridized carbons (Fsp3) is 0.300. The maximum absolute atomic E-state index is 13.1. The third-order valence-electron chi connectivity index (χ3n) is 4.42. The van der Waals surface area contributed by atoms with Gasteiger partial charge in [0, 0.05) is 12.6 Å². The minimum Gasteiger partial charge on any atom is -0.353 e. The molecular formula is C20H22FN3O2. The highest BCUT2D eigenvalue weighted by molar-refractivity contribution is 5.85. The molecule has 3 rings (SSSR count). The maximum atomic E-state index is 13.1. The zero-order valence-electron chi connectivity index (χ0n) is 14.4. The van der Waals surface area contributed by atoms with E-state index in [2.05, 4.69) is 28.1 Å². The van der Waals surface area contributed by atoms with Crippen LogP contribution in [0.3, 0.4) is 0 Å². The maximum Gasteiger partial charge on any atom is 0.239 e. The first kappa shape index (κ1) is 18.1. The number of rotatable bonds is 6. The average molecular weight is 355 g/mol. The number of carbonyl (C=O) groups is 2. The van der Waals surface area contributed by atoms with Crippen molar-refractivity contribution in [2.24, 2.45) is 0 Å². The topological polar surface area (TPSA) is 70.2 Å². The number of carbonyl (C=O) groups excluding carboxylic acids is 2. The lowest BCUT2D eigenvalue weighted by atomic mass is 9.94. The molecule has 3 N–H and O–H groups in total. The lowest BCUT2D eigenvalue weighted by Crippen LogP contribution is -2.42. The molecule has 2 aromatic carbocycles. The summed E-state index contributed by atoms with van der Waals surface area (Å²) in [6.45, 7) is 1.25. The largest absolute Gasteiger partial charge is 0.353 e. The minimum absolute atomic E-state index is 0.0442. The first-order valence-electron chi connectivity index (χ1n) is 8.71. The van der Waals surface area contributed by atoms with E-state index in [4.69, 9.17) is 0 Å². The van der Waals surface area contributed by atoms with Crippen LogP contribution >= 0.6 is 0 Å². The number of fused-ring (bicyclic) bond motifs is 1. The molecule has 1 unspecified atom stereocenters. The highest BCUT2D eigenvalue weighted by Crippen LogP contribution is 2.21. The number of benzene rings is 2. The molecule has 0 spiro atoms. The molecule has 1 aliphatic rings. The van der Waals surface area contributed by atoms with Gasteiger partial charge in [-0.05, 0) is 41.8 Å². The van der Waals surface area contributed by atoms with Gasteiger partial charge < -0.3 is 16.0 Å². The number of hydrogen-bond acceptors (Lipinski definition) is 3. The van der Waals surface area contributed by atoms with Crippen molar-refractivity contribution >= 4 is 11.8 Å².